The minimum Gasteiger partial charge on any atom is -0.497 e. The molecule has 0 aliphatic carbocycles. The summed E-state index contributed by atoms with van der Waals surface area (Å²) in [4.78, 5) is 10.6. The van der Waals surface area contributed by atoms with Gasteiger partial charge in [0.2, 0.25) is 0 Å². The van der Waals surface area contributed by atoms with Crippen LogP contribution in [0.2, 0.25) is 0 Å². The van der Waals surface area contributed by atoms with Crippen LogP contribution in [0.3, 0.4) is 0 Å². The van der Waals surface area contributed by atoms with Crippen LogP contribution in [0.15, 0.2) is 42.5 Å². The van der Waals surface area contributed by atoms with Gasteiger partial charge in [0.25, 0.3) is 5.69 Å². The van der Waals surface area contributed by atoms with Gasteiger partial charge >= 0.3 is 0 Å². The molecule has 110 valence electrons. The maximum atomic E-state index is 11.1. The molecule has 2 aromatic rings. The number of nitrogens with one attached hydrogen (secondary N) is 1. The lowest BCUT2D eigenvalue weighted by Crippen LogP contribution is -2.04. The lowest BCUT2D eigenvalue weighted by molar-refractivity contribution is -0.384. The molecule has 2 aromatic carbocycles. The average molecular weight is 288 g/mol. The minimum atomic E-state index is -0.427. The standard InChI is InChI=1S/C15H16N2O4/c1-20-12-7-8-14(17(18)19)13(9-12)16-10-11-5-3-4-6-15(11)21-2/h3-9,16H,10H2,1-2H3. The fraction of sp³-hybridized carbons (Fsp3) is 0.200. The second-order valence-electron chi connectivity index (χ2n) is 4.31. The predicted octanol–water partition coefficient (Wildman–Crippen LogP) is 3.22. The maximum absolute atomic E-state index is 11.1. The molecule has 0 heterocycles. The van der Waals surface area contributed by atoms with Crippen molar-refractivity contribution < 1.29 is 14.4 Å². The zero-order valence-corrected chi connectivity index (χ0v) is 11.8. The third-order valence-electron chi connectivity index (χ3n) is 3.06. The Balaban J connectivity index is 2.24. The Morgan fingerprint density at radius 1 is 1.14 bits per heavy atom. The summed E-state index contributed by atoms with van der Waals surface area (Å²) in [5, 5.41) is 14.1. The van der Waals surface area contributed by atoms with Crippen LogP contribution in [0.1, 0.15) is 5.56 Å². The molecule has 21 heavy (non-hydrogen) atoms. The van der Waals surface area contributed by atoms with Gasteiger partial charge in [-0.25, -0.2) is 0 Å². The number of rotatable bonds is 6. The first kappa shape index (κ1) is 14.6. The number of hydrogen-bond acceptors (Lipinski definition) is 5. The molecule has 0 saturated carbocycles. The molecule has 6 heteroatoms. The van der Waals surface area contributed by atoms with Crippen molar-refractivity contribution >= 4 is 11.4 Å². The van der Waals surface area contributed by atoms with Crippen molar-refractivity contribution in [3.05, 3.63) is 58.1 Å². The first-order chi connectivity index (χ1) is 10.2. The van der Waals surface area contributed by atoms with E-state index in [0.717, 1.165) is 11.3 Å². The predicted molar refractivity (Wildman–Crippen MR) is 80.0 cm³/mol. The molecular weight excluding hydrogens is 272 g/mol. The van der Waals surface area contributed by atoms with Gasteiger partial charge in [-0.2, -0.15) is 0 Å². The fourth-order valence-electron chi connectivity index (χ4n) is 1.98. The molecule has 0 unspecified atom stereocenters. The Hall–Kier alpha value is -2.76. The van der Waals surface area contributed by atoms with Crippen LogP contribution >= 0.6 is 0 Å². The second-order valence-corrected chi connectivity index (χ2v) is 4.31. The number of nitro groups is 1. The Morgan fingerprint density at radius 3 is 2.57 bits per heavy atom. The van der Waals surface area contributed by atoms with Crippen molar-refractivity contribution in [2.24, 2.45) is 0 Å². The summed E-state index contributed by atoms with van der Waals surface area (Å²) < 4.78 is 10.4. The van der Waals surface area contributed by atoms with Crippen molar-refractivity contribution in [2.75, 3.05) is 19.5 Å². The van der Waals surface area contributed by atoms with Gasteiger partial charge in [0.1, 0.15) is 17.2 Å². The molecule has 2 rings (SSSR count). The van der Waals surface area contributed by atoms with Crippen LogP contribution in [0.5, 0.6) is 11.5 Å². The highest BCUT2D eigenvalue weighted by Gasteiger charge is 2.14. The number of anilines is 1. The van der Waals surface area contributed by atoms with Crippen LogP contribution in [-0.4, -0.2) is 19.1 Å². The van der Waals surface area contributed by atoms with Crippen molar-refractivity contribution in [3.63, 3.8) is 0 Å². The van der Waals surface area contributed by atoms with E-state index in [2.05, 4.69) is 5.32 Å². The molecule has 0 spiro atoms. The summed E-state index contributed by atoms with van der Waals surface area (Å²) in [6, 6.07) is 12.1. The van der Waals surface area contributed by atoms with E-state index >= 15 is 0 Å². The molecule has 0 amide bonds. The normalized spacial score (nSPS) is 10.0. The SMILES string of the molecule is COc1ccc([N+](=O)[O-])c(NCc2ccccc2OC)c1. The summed E-state index contributed by atoms with van der Waals surface area (Å²) in [5.74, 6) is 1.29. The van der Waals surface area contributed by atoms with Gasteiger partial charge in [-0.05, 0) is 12.1 Å². The lowest BCUT2D eigenvalue weighted by atomic mass is 10.2. The summed E-state index contributed by atoms with van der Waals surface area (Å²) in [5.41, 5.74) is 1.33. The van der Waals surface area contributed by atoms with Gasteiger partial charge < -0.3 is 14.8 Å². The summed E-state index contributed by atoms with van der Waals surface area (Å²) in [6.45, 7) is 0.415. The van der Waals surface area contributed by atoms with E-state index in [1.165, 1.54) is 13.2 Å². The number of nitrogens with zero attached hydrogens (tertiary/aromatic N) is 1. The maximum Gasteiger partial charge on any atom is 0.292 e. The van der Waals surface area contributed by atoms with Gasteiger partial charge in [0.05, 0.1) is 19.1 Å². The van der Waals surface area contributed by atoms with Crippen LogP contribution in [0.4, 0.5) is 11.4 Å². The van der Waals surface area contributed by atoms with Crippen LogP contribution < -0.4 is 14.8 Å². The van der Waals surface area contributed by atoms with E-state index in [-0.39, 0.29) is 5.69 Å². The average Bonchev–Trinajstić information content (AvgIpc) is 2.52. The summed E-state index contributed by atoms with van der Waals surface area (Å²) in [7, 11) is 3.11. The van der Waals surface area contributed by atoms with E-state index in [1.54, 1.807) is 19.2 Å². The number of nitro benzene ring substituents is 1. The Labute approximate surface area is 122 Å². The summed E-state index contributed by atoms with van der Waals surface area (Å²) >= 11 is 0. The number of hydrogen-bond donors (Lipinski definition) is 1. The number of benzene rings is 2. The Kier molecular flexibility index (Phi) is 4.61. The van der Waals surface area contributed by atoms with Gasteiger partial charge in [0, 0.05) is 24.2 Å². The molecule has 1 N–H and O–H groups in total. The molecule has 6 nitrogen and oxygen atoms in total. The highest BCUT2D eigenvalue weighted by Crippen LogP contribution is 2.30. The lowest BCUT2D eigenvalue weighted by Gasteiger charge is -2.11. The van der Waals surface area contributed by atoms with Crippen LogP contribution in [-0.2, 0) is 6.54 Å². The van der Waals surface area contributed by atoms with Crippen molar-refractivity contribution in [1.82, 2.24) is 0 Å². The molecule has 0 aliphatic rings. The molecule has 0 bridgehead atoms. The van der Waals surface area contributed by atoms with E-state index in [9.17, 15) is 10.1 Å². The zero-order valence-electron chi connectivity index (χ0n) is 11.8. The third kappa shape index (κ3) is 3.42. The van der Waals surface area contributed by atoms with Crippen molar-refractivity contribution in [1.29, 1.82) is 0 Å². The quantitative estimate of drug-likeness (QED) is 0.652. The molecule has 0 aromatic heterocycles. The monoisotopic (exact) mass is 288 g/mol. The Morgan fingerprint density at radius 2 is 1.90 bits per heavy atom. The van der Waals surface area contributed by atoms with E-state index in [1.807, 2.05) is 24.3 Å². The number of ether oxygens (including phenoxy) is 2. The van der Waals surface area contributed by atoms with E-state index in [0.29, 0.717) is 18.0 Å². The zero-order chi connectivity index (χ0) is 15.2. The molecule has 0 radical (unpaired) electrons. The molecule has 0 atom stereocenters. The fourth-order valence-corrected chi connectivity index (χ4v) is 1.98. The van der Waals surface area contributed by atoms with Crippen molar-refractivity contribution in [2.45, 2.75) is 6.54 Å². The molecule has 0 fully saturated rings. The molecule has 0 aliphatic heterocycles. The van der Waals surface area contributed by atoms with E-state index in [4.69, 9.17) is 9.47 Å². The second kappa shape index (κ2) is 6.60. The number of para-hydroxylation sites is 1. The Bertz CT molecular complexity index is 643. The van der Waals surface area contributed by atoms with Crippen LogP contribution in [0.25, 0.3) is 0 Å². The van der Waals surface area contributed by atoms with E-state index < -0.39 is 4.92 Å². The van der Waals surface area contributed by atoms with Gasteiger partial charge in [-0.15, -0.1) is 0 Å². The third-order valence-corrected chi connectivity index (χ3v) is 3.06. The molecular formula is C15H16N2O4. The largest absolute Gasteiger partial charge is 0.497 e. The smallest absolute Gasteiger partial charge is 0.292 e. The van der Waals surface area contributed by atoms with Crippen molar-refractivity contribution in [3.8, 4) is 11.5 Å². The topological polar surface area (TPSA) is 73.6 Å². The first-order valence-corrected chi connectivity index (χ1v) is 6.34. The highest BCUT2D eigenvalue weighted by atomic mass is 16.6. The summed E-state index contributed by atoms with van der Waals surface area (Å²) in [6.07, 6.45) is 0. The van der Waals surface area contributed by atoms with Gasteiger partial charge in [-0.3, -0.25) is 10.1 Å². The first-order valence-electron chi connectivity index (χ1n) is 6.34. The number of methoxy groups -OCH3 is 2. The van der Waals surface area contributed by atoms with Crippen LogP contribution in [0, 0.1) is 10.1 Å². The molecule has 0 saturated heterocycles. The van der Waals surface area contributed by atoms with Gasteiger partial charge in [0.15, 0.2) is 0 Å². The minimum absolute atomic E-state index is 0.00528. The highest BCUT2D eigenvalue weighted by molar-refractivity contribution is 5.64. The van der Waals surface area contributed by atoms with Gasteiger partial charge in [-0.1, -0.05) is 18.2 Å².